The number of halogens is 2. The van der Waals surface area contributed by atoms with E-state index in [1.807, 2.05) is 0 Å². The van der Waals surface area contributed by atoms with Crippen molar-refractivity contribution in [2.45, 2.75) is 4.90 Å². The molecule has 0 aliphatic heterocycles. The van der Waals surface area contributed by atoms with E-state index in [1.54, 1.807) is 0 Å². The van der Waals surface area contributed by atoms with Gasteiger partial charge in [-0.3, -0.25) is 4.79 Å². The molecule has 0 aliphatic carbocycles. The number of hydrogen-bond acceptors (Lipinski definition) is 5. The molecule has 2 rings (SSSR count). The van der Waals surface area contributed by atoms with Crippen molar-refractivity contribution < 1.29 is 13.2 Å². The third-order valence-corrected chi connectivity index (χ3v) is 4.24. The summed E-state index contributed by atoms with van der Waals surface area (Å²) in [5.74, 6) is 0.108. The summed E-state index contributed by atoms with van der Waals surface area (Å²) < 4.78 is 28.7. The highest BCUT2D eigenvalue weighted by Crippen LogP contribution is 2.32. The summed E-state index contributed by atoms with van der Waals surface area (Å²) in [6.07, 6.45) is 1.28. The smallest absolute Gasteiger partial charge is 0.257 e. The molecule has 3 N–H and O–H groups in total. The van der Waals surface area contributed by atoms with Crippen LogP contribution in [-0.2, 0) is 10.0 Å². The van der Waals surface area contributed by atoms with Crippen molar-refractivity contribution in [1.29, 1.82) is 0 Å². The molecular formula is C11H9BrClN3O4S. The van der Waals surface area contributed by atoms with Gasteiger partial charge in [0.2, 0.25) is 15.9 Å². The van der Waals surface area contributed by atoms with Gasteiger partial charge in [-0.05, 0) is 28.1 Å². The molecule has 2 heterocycles. The van der Waals surface area contributed by atoms with E-state index in [9.17, 15) is 13.2 Å². The third-order valence-electron chi connectivity index (χ3n) is 2.53. The zero-order valence-electron chi connectivity index (χ0n) is 10.6. The molecule has 10 heteroatoms. The van der Waals surface area contributed by atoms with E-state index < -0.39 is 15.6 Å². The lowest BCUT2D eigenvalue weighted by molar-refractivity contribution is 0.395. The Hall–Kier alpha value is -1.42. The van der Waals surface area contributed by atoms with Gasteiger partial charge in [0, 0.05) is 6.20 Å². The first-order valence-corrected chi connectivity index (χ1v) is 8.11. The van der Waals surface area contributed by atoms with Crippen LogP contribution >= 0.6 is 27.5 Å². The summed E-state index contributed by atoms with van der Waals surface area (Å²) in [7, 11) is -2.75. The molecule has 0 bridgehead atoms. The van der Waals surface area contributed by atoms with Crippen LogP contribution in [0.3, 0.4) is 0 Å². The van der Waals surface area contributed by atoms with Gasteiger partial charge < -0.3 is 9.72 Å². The normalized spacial score (nSPS) is 11.4. The first kappa shape index (κ1) is 16.0. The van der Waals surface area contributed by atoms with Crippen LogP contribution in [0.5, 0.6) is 5.88 Å². The molecule has 2 aromatic heterocycles. The molecule has 0 radical (unpaired) electrons. The Morgan fingerprint density at radius 1 is 1.43 bits per heavy atom. The fraction of sp³-hybridized carbons (Fsp3) is 0.0909. The van der Waals surface area contributed by atoms with E-state index in [4.69, 9.17) is 21.5 Å². The van der Waals surface area contributed by atoms with E-state index in [2.05, 4.69) is 25.9 Å². The Morgan fingerprint density at radius 3 is 2.67 bits per heavy atom. The minimum Gasteiger partial charge on any atom is -0.480 e. The molecule has 7 nitrogen and oxygen atoms in total. The van der Waals surface area contributed by atoms with Gasteiger partial charge in [0.1, 0.15) is 4.90 Å². The molecule has 0 spiro atoms. The number of H-pyrrole nitrogens is 1. The summed E-state index contributed by atoms with van der Waals surface area (Å²) in [5, 5.41) is 5.39. The number of sulfonamides is 1. The van der Waals surface area contributed by atoms with Crippen LogP contribution in [0.2, 0.25) is 5.02 Å². The van der Waals surface area contributed by atoms with Gasteiger partial charge in [-0.1, -0.05) is 11.6 Å². The molecule has 0 atom stereocenters. The van der Waals surface area contributed by atoms with Gasteiger partial charge >= 0.3 is 0 Å². The Labute approximate surface area is 133 Å². The van der Waals surface area contributed by atoms with Gasteiger partial charge in [0.15, 0.2) is 0 Å². The molecule has 0 saturated carbocycles. The number of methoxy groups -OCH3 is 1. The molecule has 0 unspecified atom stereocenters. The minimum absolute atomic E-state index is 0.0303. The van der Waals surface area contributed by atoms with Gasteiger partial charge in [0.05, 0.1) is 27.9 Å². The first-order valence-electron chi connectivity index (χ1n) is 5.40. The summed E-state index contributed by atoms with van der Waals surface area (Å²) in [6, 6.07) is 2.52. The predicted octanol–water partition coefficient (Wildman–Crippen LogP) is 1.51. The van der Waals surface area contributed by atoms with Crippen molar-refractivity contribution in [3.05, 3.63) is 38.2 Å². The van der Waals surface area contributed by atoms with E-state index in [1.165, 1.54) is 25.4 Å². The Morgan fingerprint density at radius 2 is 2.10 bits per heavy atom. The van der Waals surface area contributed by atoms with Crippen molar-refractivity contribution in [2.75, 3.05) is 7.11 Å². The molecule has 2 aromatic rings. The van der Waals surface area contributed by atoms with Crippen LogP contribution in [0.4, 0.5) is 0 Å². The number of rotatable bonds is 3. The number of nitrogens with two attached hydrogens (primary N) is 1. The number of primary sulfonamides is 1. The second-order valence-electron chi connectivity index (χ2n) is 3.93. The Balaban J connectivity index is 2.89. The van der Waals surface area contributed by atoms with Crippen LogP contribution in [0, 0.1) is 0 Å². The lowest BCUT2D eigenvalue weighted by Crippen LogP contribution is -2.17. The lowest BCUT2D eigenvalue weighted by atomic mass is 10.2. The maximum absolute atomic E-state index is 11.9. The second-order valence-corrected chi connectivity index (χ2v) is 6.75. The highest BCUT2D eigenvalue weighted by atomic mass is 79.9. The number of nitrogens with zero attached hydrogens (tertiary/aromatic N) is 1. The average Bonchev–Trinajstić information content (AvgIpc) is 2.40. The van der Waals surface area contributed by atoms with Crippen LogP contribution in [0.25, 0.3) is 11.3 Å². The molecule has 0 fully saturated rings. The van der Waals surface area contributed by atoms with E-state index in [-0.39, 0.29) is 31.5 Å². The maximum Gasteiger partial charge on any atom is 0.257 e. The van der Waals surface area contributed by atoms with Crippen molar-refractivity contribution >= 4 is 37.6 Å². The topological polar surface area (TPSA) is 115 Å². The highest BCUT2D eigenvalue weighted by Gasteiger charge is 2.22. The molecule has 0 aromatic carbocycles. The van der Waals surface area contributed by atoms with Gasteiger partial charge in [-0.2, -0.15) is 0 Å². The number of nitrogens with one attached hydrogen (secondary N) is 1. The van der Waals surface area contributed by atoms with Gasteiger partial charge in [0.25, 0.3) is 5.56 Å². The standard InChI is InChI=1S/C11H9BrClN3O4S/c1-20-11-7(12)3-8(21(14,18)19)9(16-11)6-2-5(13)4-15-10(6)17/h2-4H,1H3,(H,15,17)(H2,14,18,19). The second kappa shape index (κ2) is 5.76. The largest absolute Gasteiger partial charge is 0.480 e. The van der Waals surface area contributed by atoms with Crippen LogP contribution < -0.4 is 15.4 Å². The van der Waals surface area contributed by atoms with Gasteiger partial charge in [-0.25, -0.2) is 18.5 Å². The van der Waals surface area contributed by atoms with Crippen molar-refractivity contribution in [3.63, 3.8) is 0 Å². The predicted molar refractivity (Wildman–Crippen MR) is 80.9 cm³/mol. The maximum atomic E-state index is 11.9. The third kappa shape index (κ3) is 3.26. The molecule has 21 heavy (non-hydrogen) atoms. The molecule has 0 aliphatic rings. The van der Waals surface area contributed by atoms with Gasteiger partial charge in [-0.15, -0.1) is 0 Å². The summed E-state index contributed by atoms with van der Waals surface area (Å²) in [5.41, 5.74) is -0.722. The van der Waals surface area contributed by atoms with Crippen LogP contribution in [0.15, 0.2) is 32.5 Å². The Kier molecular flexibility index (Phi) is 4.38. The number of hydrogen-bond donors (Lipinski definition) is 2. The fourth-order valence-corrected chi connectivity index (χ4v) is 3.14. The molecule has 112 valence electrons. The summed E-state index contributed by atoms with van der Waals surface area (Å²) >= 11 is 8.94. The monoisotopic (exact) mass is 393 g/mol. The lowest BCUT2D eigenvalue weighted by Gasteiger charge is -2.10. The quantitative estimate of drug-likeness (QED) is 0.819. The van der Waals surface area contributed by atoms with Crippen molar-refractivity contribution in [3.8, 4) is 17.1 Å². The fourth-order valence-electron chi connectivity index (χ4n) is 1.64. The van der Waals surface area contributed by atoms with Crippen molar-refractivity contribution in [1.82, 2.24) is 9.97 Å². The number of aromatic nitrogens is 2. The molecule has 0 amide bonds. The van der Waals surface area contributed by atoms with Crippen LogP contribution in [0.1, 0.15) is 0 Å². The minimum atomic E-state index is -4.10. The van der Waals surface area contributed by atoms with E-state index in [0.29, 0.717) is 0 Å². The van der Waals surface area contributed by atoms with Crippen molar-refractivity contribution in [2.24, 2.45) is 5.14 Å². The SMILES string of the molecule is COc1nc(-c2cc(Cl)c[nH]c2=O)c(S(N)(=O)=O)cc1Br. The number of pyridine rings is 2. The first-order chi connectivity index (χ1) is 9.74. The zero-order chi connectivity index (χ0) is 15.8. The average molecular weight is 395 g/mol. The van der Waals surface area contributed by atoms with E-state index >= 15 is 0 Å². The number of aromatic amines is 1. The summed E-state index contributed by atoms with van der Waals surface area (Å²) in [6.45, 7) is 0. The highest BCUT2D eigenvalue weighted by molar-refractivity contribution is 9.10. The number of ether oxygens (including phenoxy) is 1. The van der Waals surface area contributed by atoms with E-state index in [0.717, 1.165) is 0 Å². The van der Waals surface area contributed by atoms with Crippen LogP contribution in [-0.4, -0.2) is 25.5 Å². The molecular weight excluding hydrogens is 386 g/mol. The Bertz CT molecular complexity index is 866. The zero-order valence-corrected chi connectivity index (χ0v) is 13.7. The summed E-state index contributed by atoms with van der Waals surface area (Å²) in [4.78, 5) is 18.0. The molecule has 0 saturated heterocycles.